The van der Waals surface area contributed by atoms with E-state index in [1.807, 2.05) is 20.8 Å². The lowest BCUT2D eigenvalue weighted by Gasteiger charge is -2.34. The van der Waals surface area contributed by atoms with E-state index in [-0.39, 0.29) is 17.4 Å². The van der Waals surface area contributed by atoms with Gasteiger partial charge in [0.25, 0.3) is 0 Å². The number of aliphatic hydroxyl groups is 1. The summed E-state index contributed by atoms with van der Waals surface area (Å²) in [5, 5.41) is 13.2. The third-order valence-electron chi connectivity index (χ3n) is 3.96. The largest absolute Gasteiger partial charge is 0.382 e. The van der Waals surface area contributed by atoms with Gasteiger partial charge in [0.15, 0.2) is 6.10 Å². The molecule has 1 amide bonds. The van der Waals surface area contributed by atoms with Crippen molar-refractivity contribution in [3.05, 3.63) is 0 Å². The van der Waals surface area contributed by atoms with E-state index in [4.69, 9.17) is 0 Å². The molecule has 1 unspecified atom stereocenters. The first-order valence-electron chi connectivity index (χ1n) is 7.88. The van der Waals surface area contributed by atoms with Crippen molar-refractivity contribution in [1.82, 2.24) is 5.32 Å². The maximum atomic E-state index is 12.0. The molecule has 0 bridgehead atoms. The van der Waals surface area contributed by atoms with Crippen molar-refractivity contribution in [2.24, 2.45) is 5.41 Å². The Hall–Kier alpha value is -0.650. The molecule has 1 atom stereocenters. The van der Waals surface area contributed by atoms with Gasteiger partial charge in [-0.05, 0) is 6.42 Å². The van der Waals surface area contributed by atoms with Crippen molar-refractivity contribution in [1.29, 1.82) is 0 Å². The zero-order valence-electron chi connectivity index (χ0n) is 15.4. The first-order chi connectivity index (χ1) is 9.29. The highest BCUT2D eigenvalue weighted by Crippen LogP contribution is 2.19. The third kappa shape index (κ3) is 9.06. The SMILES string of the molecule is CCC(C)(C)C(=O)NCC[N+](C)(C)CC(O)C[N+](C)(C)C. The first kappa shape index (κ1) is 20.3. The van der Waals surface area contributed by atoms with Gasteiger partial charge in [0.1, 0.15) is 13.1 Å². The minimum Gasteiger partial charge on any atom is -0.382 e. The Kier molecular flexibility index (Phi) is 7.33. The Morgan fingerprint density at radius 1 is 1.14 bits per heavy atom. The van der Waals surface area contributed by atoms with Crippen LogP contribution >= 0.6 is 0 Å². The number of amides is 1. The van der Waals surface area contributed by atoms with Crippen LogP contribution in [0.15, 0.2) is 0 Å². The van der Waals surface area contributed by atoms with Gasteiger partial charge in [-0.1, -0.05) is 20.8 Å². The topological polar surface area (TPSA) is 49.3 Å². The van der Waals surface area contributed by atoms with Crippen LogP contribution in [0.1, 0.15) is 27.2 Å². The molecule has 5 heteroatoms. The van der Waals surface area contributed by atoms with Crippen LogP contribution in [-0.4, -0.2) is 87.5 Å². The molecule has 0 spiro atoms. The molecular formula is C16H37N3O2+2. The van der Waals surface area contributed by atoms with Crippen LogP contribution < -0.4 is 5.32 Å². The number of rotatable bonds is 9. The second kappa shape index (κ2) is 7.56. The van der Waals surface area contributed by atoms with Crippen molar-refractivity contribution in [2.75, 3.05) is 61.4 Å². The van der Waals surface area contributed by atoms with Gasteiger partial charge in [-0.2, -0.15) is 0 Å². The summed E-state index contributed by atoms with van der Waals surface area (Å²) < 4.78 is 1.45. The molecule has 0 aliphatic heterocycles. The second-order valence-corrected chi connectivity index (χ2v) is 8.46. The molecule has 0 rings (SSSR count). The summed E-state index contributed by atoms with van der Waals surface area (Å²) >= 11 is 0. The second-order valence-electron chi connectivity index (χ2n) is 8.46. The van der Waals surface area contributed by atoms with E-state index < -0.39 is 0 Å². The summed E-state index contributed by atoms with van der Waals surface area (Å²) in [4.78, 5) is 12.0. The fraction of sp³-hybridized carbons (Fsp3) is 0.938. The molecule has 126 valence electrons. The Balaban J connectivity index is 4.22. The minimum absolute atomic E-state index is 0.108. The van der Waals surface area contributed by atoms with Crippen LogP contribution in [0.25, 0.3) is 0 Å². The molecule has 5 nitrogen and oxygen atoms in total. The van der Waals surface area contributed by atoms with Gasteiger partial charge in [-0.15, -0.1) is 0 Å². The van der Waals surface area contributed by atoms with Crippen molar-refractivity contribution in [3.63, 3.8) is 0 Å². The zero-order valence-corrected chi connectivity index (χ0v) is 15.4. The van der Waals surface area contributed by atoms with Gasteiger partial charge in [0, 0.05) is 5.41 Å². The Bertz CT molecular complexity index is 333. The van der Waals surface area contributed by atoms with Gasteiger partial charge in [0.2, 0.25) is 5.91 Å². The molecule has 0 aliphatic rings. The van der Waals surface area contributed by atoms with Gasteiger partial charge >= 0.3 is 0 Å². The average molecular weight is 303 g/mol. The minimum atomic E-state index is -0.331. The number of nitrogens with zero attached hydrogens (tertiary/aromatic N) is 2. The van der Waals surface area contributed by atoms with E-state index >= 15 is 0 Å². The van der Waals surface area contributed by atoms with Crippen LogP contribution in [0, 0.1) is 5.41 Å². The normalized spacial score (nSPS) is 14.9. The molecule has 0 heterocycles. The van der Waals surface area contributed by atoms with E-state index in [2.05, 4.69) is 40.6 Å². The summed E-state index contributed by atoms with van der Waals surface area (Å²) in [7, 11) is 10.4. The number of hydrogen-bond acceptors (Lipinski definition) is 2. The molecule has 21 heavy (non-hydrogen) atoms. The number of aliphatic hydroxyl groups excluding tert-OH is 1. The number of carbonyl (C=O) groups excluding carboxylic acids is 1. The van der Waals surface area contributed by atoms with Crippen LogP contribution in [0.3, 0.4) is 0 Å². The summed E-state index contributed by atoms with van der Waals surface area (Å²) in [6.45, 7) is 8.85. The fourth-order valence-corrected chi connectivity index (χ4v) is 2.22. The van der Waals surface area contributed by atoms with E-state index in [9.17, 15) is 9.90 Å². The smallest absolute Gasteiger partial charge is 0.225 e. The molecule has 0 saturated heterocycles. The van der Waals surface area contributed by atoms with Gasteiger partial charge in [-0.25, -0.2) is 0 Å². The number of hydrogen-bond donors (Lipinski definition) is 2. The average Bonchev–Trinajstić information content (AvgIpc) is 2.24. The quantitative estimate of drug-likeness (QED) is 0.616. The molecule has 2 N–H and O–H groups in total. The predicted octanol–water partition coefficient (Wildman–Crippen LogP) is 0.682. The lowest BCUT2D eigenvalue weighted by Crippen LogP contribution is -2.53. The van der Waals surface area contributed by atoms with Gasteiger partial charge in [-0.3, -0.25) is 4.79 Å². The van der Waals surface area contributed by atoms with Crippen LogP contribution in [0.4, 0.5) is 0 Å². The van der Waals surface area contributed by atoms with Crippen LogP contribution in [0.2, 0.25) is 0 Å². The van der Waals surface area contributed by atoms with Gasteiger partial charge in [0.05, 0.1) is 48.3 Å². The fourth-order valence-electron chi connectivity index (χ4n) is 2.22. The van der Waals surface area contributed by atoms with E-state index in [0.29, 0.717) is 17.6 Å². The van der Waals surface area contributed by atoms with Crippen molar-refractivity contribution >= 4 is 5.91 Å². The number of likely N-dealkylation sites (N-methyl/N-ethyl adjacent to an activating group) is 2. The van der Waals surface area contributed by atoms with Crippen molar-refractivity contribution in [2.45, 2.75) is 33.3 Å². The zero-order chi connectivity index (χ0) is 16.9. The van der Waals surface area contributed by atoms with Crippen LogP contribution in [0.5, 0.6) is 0 Å². The summed E-state index contributed by atoms with van der Waals surface area (Å²) in [5.41, 5.74) is -0.305. The Morgan fingerprint density at radius 3 is 2.10 bits per heavy atom. The lowest BCUT2D eigenvalue weighted by molar-refractivity contribution is -0.906. The summed E-state index contributed by atoms with van der Waals surface area (Å²) in [6, 6.07) is 0. The highest BCUT2D eigenvalue weighted by molar-refractivity contribution is 5.81. The number of nitrogens with one attached hydrogen (secondary N) is 1. The number of carbonyl (C=O) groups is 1. The molecular weight excluding hydrogens is 266 g/mol. The number of quaternary nitrogens is 2. The van der Waals surface area contributed by atoms with Crippen molar-refractivity contribution in [3.8, 4) is 0 Å². The van der Waals surface area contributed by atoms with E-state index in [1.54, 1.807) is 0 Å². The lowest BCUT2D eigenvalue weighted by atomic mass is 9.89. The van der Waals surface area contributed by atoms with Gasteiger partial charge < -0.3 is 19.4 Å². The molecule has 0 aromatic heterocycles. The first-order valence-corrected chi connectivity index (χ1v) is 7.88. The molecule has 0 aromatic rings. The van der Waals surface area contributed by atoms with E-state index in [0.717, 1.165) is 24.0 Å². The maximum absolute atomic E-state index is 12.0. The standard InChI is InChI=1S/C16H36N3O2/c1-9-16(2,3)15(21)17-10-11-19(7,8)13-14(20)12-18(4,5)6/h14,20H,9-13H2,1-8H3/q+1/p+1. The Labute approximate surface area is 131 Å². The summed E-state index contributed by atoms with van der Waals surface area (Å²) in [6.07, 6.45) is 0.502. The monoisotopic (exact) mass is 303 g/mol. The third-order valence-corrected chi connectivity index (χ3v) is 3.96. The molecule has 0 fully saturated rings. The van der Waals surface area contributed by atoms with E-state index in [1.165, 1.54) is 0 Å². The van der Waals surface area contributed by atoms with Crippen LogP contribution in [-0.2, 0) is 4.79 Å². The highest BCUT2D eigenvalue weighted by atomic mass is 16.3. The molecule has 0 radical (unpaired) electrons. The van der Waals surface area contributed by atoms with Crippen molar-refractivity contribution < 1.29 is 18.9 Å². The maximum Gasteiger partial charge on any atom is 0.225 e. The predicted molar refractivity (Wildman–Crippen MR) is 87.8 cm³/mol. The highest BCUT2D eigenvalue weighted by Gasteiger charge is 2.27. The molecule has 0 aromatic carbocycles. The summed E-state index contributed by atoms with van der Waals surface area (Å²) in [5.74, 6) is 0.108. The molecule has 0 saturated carbocycles. The molecule has 0 aliphatic carbocycles. The Morgan fingerprint density at radius 2 is 1.67 bits per heavy atom.